The molecule has 106 valence electrons. The average Bonchev–Trinajstić information content (AvgIpc) is 2.88. The molecule has 0 bridgehead atoms. The van der Waals surface area contributed by atoms with Gasteiger partial charge in [-0.05, 0) is 18.2 Å². The van der Waals surface area contributed by atoms with Crippen LogP contribution in [0.25, 0.3) is 0 Å². The largest absolute Gasteiger partial charge is 0.479 e. The van der Waals surface area contributed by atoms with Crippen LogP contribution < -0.4 is 5.32 Å². The summed E-state index contributed by atoms with van der Waals surface area (Å²) in [5.41, 5.74) is -1.81. The molecule has 1 amide bonds. The molecule has 0 saturated carbocycles. The molecule has 7 nitrogen and oxygen atoms in total. The monoisotopic (exact) mass is 296 g/mol. The van der Waals surface area contributed by atoms with E-state index < -0.39 is 22.3 Å². The van der Waals surface area contributed by atoms with Crippen LogP contribution in [-0.4, -0.2) is 39.0 Å². The SMILES string of the molecule is O=C(NC1(C(=O)O)CCSC1)c1ccccc1[N+](=O)[O-]. The molecule has 0 aliphatic carbocycles. The maximum Gasteiger partial charge on any atom is 0.330 e. The van der Waals surface area contributed by atoms with Gasteiger partial charge < -0.3 is 10.4 Å². The molecular weight excluding hydrogens is 284 g/mol. The number of carbonyl (C=O) groups excluding carboxylic acids is 1. The Bertz CT molecular complexity index is 569. The fourth-order valence-corrected chi connectivity index (χ4v) is 3.32. The second-order valence-corrected chi connectivity index (χ2v) is 5.52. The van der Waals surface area contributed by atoms with E-state index in [2.05, 4.69) is 5.32 Å². The topological polar surface area (TPSA) is 110 Å². The van der Waals surface area contributed by atoms with E-state index in [1.54, 1.807) is 0 Å². The van der Waals surface area contributed by atoms with E-state index in [4.69, 9.17) is 0 Å². The summed E-state index contributed by atoms with van der Waals surface area (Å²) in [6, 6.07) is 5.48. The molecule has 8 heteroatoms. The minimum absolute atomic E-state index is 0.130. The summed E-state index contributed by atoms with van der Waals surface area (Å²) in [6.45, 7) is 0. The molecular formula is C12H12N2O5S. The lowest BCUT2D eigenvalue weighted by atomic mass is 9.98. The smallest absolute Gasteiger partial charge is 0.330 e. The van der Waals surface area contributed by atoms with E-state index in [0.29, 0.717) is 12.2 Å². The highest BCUT2D eigenvalue weighted by molar-refractivity contribution is 7.99. The quantitative estimate of drug-likeness (QED) is 0.640. The Hall–Kier alpha value is -2.09. The van der Waals surface area contributed by atoms with Gasteiger partial charge in [0.25, 0.3) is 11.6 Å². The van der Waals surface area contributed by atoms with Gasteiger partial charge in [0, 0.05) is 11.8 Å². The van der Waals surface area contributed by atoms with Gasteiger partial charge in [-0.1, -0.05) is 12.1 Å². The van der Waals surface area contributed by atoms with Crippen LogP contribution in [0.4, 0.5) is 5.69 Å². The molecule has 2 rings (SSSR count). The maximum atomic E-state index is 12.1. The van der Waals surface area contributed by atoms with Crippen molar-refractivity contribution in [3.05, 3.63) is 39.9 Å². The number of nitrogens with zero attached hydrogens (tertiary/aromatic N) is 1. The predicted molar refractivity (Wildman–Crippen MR) is 72.9 cm³/mol. The van der Waals surface area contributed by atoms with Crippen LogP contribution in [0.1, 0.15) is 16.8 Å². The van der Waals surface area contributed by atoms with Crippen molar-refractivity contribution in [1.29, 1.82) is 0 Å². The molecule has 1 atom stereocenters. The number of nitrogens with one attached hydrogen (secondary N) is 1. The summed E-state index contributed by atoms with van der Waals surface area (Å²) in [4.78, 5) is 33.7. The first-order chi connectivity index (χ1) is 9.46. The number of nitro benzene ring substituents is 1. The zero-order valence-corrected chi connectivity index (χ0v) is 11.2. The molecule has 1 fully saturated rings. The molecule has 0 radical (unpaired) electrons. The minimum Gasteiger partial charge on any atom is -0.479 e. The highest BCUT2D eigenvalue weighted by Gasteiger charge is 2.44. The first-order valence-corrected chi connectivity index (χ1v) is 6.99. The van der Waals surface area contributed by atoms with Gasteiger partial charge in [-0.15, -0.1) is 0 Å². The van der Waals surface area contributed by atoms with Crippen LogP contribution in [0.5, 0.6) is 0 Å². The third kappa shape index (κ3) is 2.60. The minimum atomic E-state index is -1.34. The summed E-state index contributed by atoms with van der Waals surface area (Å²) in [7, 11) is 0. The lowest BCUT2D eigenvalue weighted by Crippen LogP contribution is -2.54. The van der Waals surface area contributed by atoms with Crippen molar-refractivity contribution in [2.75, 3.05) is 11.5 Å². The Balaban J connectivity index is 2.28. The van der Waals surface area contributed by atoms with Gasteiger partial charge in [0.1, 0.15) is 11.1 Å². The molecule has 1 aliphatic heterocycles. The molecule has 1 aliphatic rings. The standard InChI is InChI=1S/C12H12N2O5S/c15-10(8-3-1-2-4-9(8)14(18)19)13-12(11(16)17)5-6-20-7-12/h1-4H,5-7H2,(H,13,15)(H,16,17). The van der Waals surface area contributed by atoms with Gasteiger partial charge in [-0.3, -0.25) is 14.9 Å². The van der Waals surface area contributed by atoms with E-state index in [0.717, 1.165) is 0 Å². The second-order valence-electron chi connectivity index (χ2n) is 4.42. The fraction of sp³-hybridized carbons (Fsp3) is 0.333. The van der Waals surface area contributed by atoms with Gasteiger partial charge in [-0.2, -0.15) is 11.8 Å². The van der Waals surface area contributed by atoms with E-state index in [1.165, 1.54) is 36.0 Å². The Morgan fingerprint density at radius 2 is 2.10 bits per heavy atom. The van der Waals surface area contributed by atoms with Crippen molar-refractivity contribution in [3.63, 3.8) is 0 Å². The Morgan fingerprint density at radius 3 is 2.65 bits per heavy atom. The van der Waals surface area contributed by atoms with Crippen molar-refractivity contribution in [2.45, 2.75) is 12.0 Å². The van der Waals surface area contributed by atoms with Gasteiger partial charge in [-0.25, -0.2) is 4.79 Å². The van der Waals surface area contributed by atoms with Crippen LogP contribution in [0.2, 0.25) is 0 Å². The summed E-state index contributed by atoms with van der Waals surface area (Å²) in [5.74, 6) is -0.963. The van der Waals surface area contributed by atoms with Crippen molar-refractivity contribution in [3.8, 4) is 0 Å². The summed E-state index contributed by atoms with van der Waals surface area (Å²) >= 11 is 1.43. The van der Waals surface area contributed by atoms with E-state index in [-0.39, 0.29) is 17.0 Å². The summed E-state index contributed by atoms with van der Waals surface area (Å²) < 4.78 is 0. The van der Waals surface area contributed by atoms with E-state index >= 15 is 0 Å². The summed E-state index contributed by atoms with van der Waals surface area (Å²) in [6.07, 6.45) is 0.305. The lowest BCUT2D eigenvalue weighted by Gasteiger charge is -2.24. The molecule has 1 aromatic rings. The molecule has 0 aromatic heterocycles. The van der Waals surface area contributed by atoms with Gasteiger partial charge in [0.15, 0.2) is 0 Å². The predicted octanol–water partition coefficient (Wildman–Crippen LogP) is 1.28. The van der Waals surface area contributed by atoms with Crippen molar-refractivity contribution in [2.24, 2.45) is 0 Å². The number of nitro groups is 1. The number of carbonyl (C=O) groups is 2. The van der Waals surface area contributed by atoms with Gasteiger partial charge >= 0.3 is 5.97 Å². The van der Waals surface area contributed by atoms with Crippen molar-refractivity contribution < 1.29 is 19.6 Å². The van der Waals surface area contributed by atoms with Crippen molar-refractivity contribution in [1.82, 2.24) is 5.32 Å². The number of thioether (sulfide) groups is 1. The Morgan fingerprint density at radius 1 is 1.40 bits per heavy atom. The molecule has 2 N–H and O–H groups in total. The number of aliphatic carboxylic acids is 1. The third-order valence-electron chi connectivity index (χ3n) is 3.13. The fourth-order valence-electron chi connectivity index (χ4n) is 2.00. The van der Waals surface area contributed by atoms with Crippen LogP contribution in [-0.2, 0) is 4.79 Å². The van der Waals surface area contributed by atoms with Crippen LogP contribution in [0, 0.1) is 10.1 Å². The molecule has 0 spiro atoms. The van der Waals surface area contributed by atoms with Crippen molar-refractivity contribution >= 4 is 29.3 Å². The number of hydrogen-bond acceptors (Lipinski definition) is 5. The van der Waals surface area contributed by atoms with Crippen LogP contribution in [0.3, 0.4) is 0 Å². The summed E-state index contributed by atoms with van der Waals surface area (Å²) in [5, 5.41) is 22.6. The zero-order valence-electron chi connectivity index (χ0n) is 10.4. The molecule has 1 saturated heterocycles. The number of para-hydroxylation sites is 1. The highest BCUT2D eigenvalue weighted by atomic mass is 32.2. The molecule has 1 aromatic carbocycles. The number of carboxylic acid groups (broad SMARTS) is 1. The average molecular weight is 296 g/mol. The lowest BCUT2D eigenvalue weighted by molar-refractivity contribution is -0.385. The van der Waals surface area contributed by atoms with Crippen LogP contribution >= 0.6 is 11.8 Å². The van der Waals surface area contributed by atoms with E-state index in [1.807, 2.05) is 0 Å². The Kier molecular flexibility index (Phi) is 3.93. The first-order valence-electron chi connectivity index (χ1n) is 5.83. The number of hydrogen-bond donors (Lipinski definition) is 2. The third-order valence-corrected chi connectivity index (χ3v) is 4.32. The normalized spacial score (nSPS) is 21.4. The number of amides is 1. The van der Waals surface area contributed by atoms with Crippen LogP contribution in [0.15, 0.2) is 24.3 Å². The van der Waals surface area contributed by atoms with E-state index in [9.17, 15) is 24.8 Å². The van der Waals surface area contributed by atoms with Gasteiger partial charge in [0.2, 0.25) is 0 Å². The number of rotatable bonds is 4. The molecule has 20 heavy (non-hydrogen) atoms. The molecule has 1 heterocycles. The number of carboxylic acids is 1. The zero-order chi connectivity index (χ0) is 14.8. The maximum absolute atomic E-state index is 12.1. The first kappa shape index (κ1) is 14.3. The highest BCUT2D eigenvalue weighted by Crippen LogP contribution is 2.29. The van der Waals surface area contributed by atoms with Gasteiger partial charge in [0.05, 0.1) is 4.92 Å². The Labute approximate surface area is 118 Å². The molecule has 1 unspecified atom stereocenters. The second kappa shape index (κ2) is 5.49. The number of benzene rings is 1.